The van der Waals surface area contributed by atoms with Crippen molar-refractivity contribution in [1.29, 1.82) is 0 Å². The summed E-state index contributed by atoms with van der Waals surface area (Å²) in [4.78, 5) is 0. The number of nitrogens with zero attached hydrogens (tertiary/aromatic N) is 3. The summed E-state index contributed by atoms with van der Waals surface area (Å²) in [6.45, 7) is 8.54. The number of allylic oxidation sites excluding steroid dienone is 1. The van der Waals surface area contributed by atoms with E-state index in [1.165, 1.54) is 22.8 Å². The van der Waals surface area contributed by atoms with Crippen LogP contribution in [0.25, 0.3) is 11.4 Å². The maximum atomic E-state index is 14.1. The van der Waals surface area contributed by atoms with E-state index in [0.717, 1.165) is 10.9 Å². The molecular formula is C20H20FN3S. The molecule has 0 amide bonds. The molecule has 0 spiro atoms. The Morgan fingerprint density at radius 3 is 2.64 bits per heavy atom. The molecule has 128 valence electrons. The molecule has 1 aromatic heterocycles. The van der Waals surface area contributed by atoms with Crippen LogP contribution in [-0.4, -0.2) is 14.8 Å². The molecule has 0 aliphatic carbocycles. The van der Waals surface area contributed by atoms with E-state index in [0.29, 0.717) is 17.9 Å². The number of halogens is 1. The van der Waals surface area contributed by atoms with Gasteiger partial charge in [-0.15, -0.1) is 16.8 Å². The van der Waals surface area contributed by atoms with Gasteiger partial charge in [0.15, 0.2) is 11.0 Å². The number of benzene rings is 2. The fourth-order valence-electron chi connectivity index (χ4n) is 2.57. The Kier molecular flexibility index (Phi) is 5.34. The van der Waals surface area contributed by atoms with Crippen molar-refractivity contribution in [3.8, 4) is 11.4 Å². The minimum Gasteiger partial charge on any atom is -0.298 e. The van der Waals surface area contributed by atoms with Crippen molar-refractivity contribution in [3.05, 3.63) is 77.6 Å². The lowest BCUT2D eigenvalue weighted by molar-refractivity contribution is 0.626. The monoisotopic (exact) mass is 353 g/mol. The molecule has 0 aliphatic rings. The Hall–Kier alpha value is -2.40. The first-order valence-electron chi connectivity index (χ1n) is 8.08. The van der Waals surface area contributed by atoms with Crippen molar-refractivity contribution in [1.82, 2.24) is 14.8 Å². The summed E-state index contributed by atoms with van der Waals surface area (Å²) in [5.41, 5.74) is 4.24. The van der Waals surface area contributed by atoms with E-state index in [2.05, 4.69) is 48.8 Å². The highest BCUT2D eigenvalue weighted by Gasteiger charge is 2.16. The Balaban J connectivity index is 1.88. The third-order valence-corrected chi connectivity index (χ3v) is 5.12. The summed E-state index contributed by atoms with van der Waals surface area (Å²) in [6.07, 6.45) is 1.77. The lowest BCUT2D eigenvalue weighted by atomic mass is 10.1. The first-order chi connectivity index (χ1) is 12.1. The second kappa shape index (κ2) is 7.66. The number of aryl methyl sites for hydroxylation is 2. The smallest absolute Gasteiger partial charge is 0.192 e. The number of hydrogen-bond acceptors (Lipinski definition) is 3. The van der Waals surface area contributed by atoms with E-state index in [1.54, 1.807) is 36.0 Å². The van der Waals surface area contributed by atoms with Gasteiger partial charge < -0.3 is 0 Å². The predicted octanol–water partition coefficient (Wildman–Crippen LogP) is 5.18. The van der Waals surface area contributed by atoms with Crippen molar-refractivity contribution < 1.29 is 4.39 Å². The Labute approximate surface area is 151 Å². The van der Waals surface area contributed by atoms with Gasteiger partial charge >= 0.3 is 0 Å². The van der Waals surface area contributed by atoms with Crippen LogP contribution < -0.4 is 0 Å². The predicted molar refractivity (Wildman–Crippen MR) is 101 cm³/mol. The van der Waals surface area contributed by atoms with Crippen molar-refractivity contribution in [2.24, 2.45) is 0 Å². The van der Waals surface area contributed by atoms with Gasteiger partial charge in [0.1, 0.15) is 5.82 Å². The molecule has 25 heavy (non-hydrogen) atoms. The largest absolute Gasteiger partial charge is 0.298 e. The van der Waals surface area contributed by atoms with Crippen LogP contribution in [0.2, 0.25) is 0 Å². The highest BCUT2D eigenvalue weighted by Crippen LogP contribution is 2.28. The molecule has 0 aliphatic heterocycles. The molecular weight excluding hydrogens is 333 g/mol. The number of aromatic nitrogens is 3. The molecule has 0 atom stereocenters. The molecule has 3 rings (SSSR count). The minimum atomic E-state index is -0.300. The summed E-state index contributed by atoms with van der Waals surface area (Å²) in [6, 6.07) is 13.1. The molecule has 0 radical (unpaired) electrons. The van der Waals surface area contributed by atoms with Gasteiger partial charge in [-0.25, -0.2) is 4.39 Å². The van der Waals surface area contributed by atoms with E-state index < -0.39 is 0 Å². The molecule has 3 nitrogen and oxygen atoms in total. The second-order valence-electron chi connectivity index (χ2n) is 5.89. The van der Waals surface area contributed by atoms with Gasteiger partial charge in [0.05, 0.1) is 5.56 Å². The van der Waals surface area contributed by atoms with Crippen LogP contribution in [0.5, 0.6) is 0 Å². The van der Waals surface area contributed by atoms with Crippen LogP contribution in [0.4, 0.5) is 4.39 Å². The van der Waals surface area contributed by atoms with Gasteiger partial charge in [-0.05, 0) is 42.7 Å². The first-order valence-corrected chi connectivity index (χ1v) is 9.06. The number of hydrogen-bond donors (Lipinski definition) is 0. The normalized spacial score (nSPS) is 10.8. The molecule has 0 unspecified atom stereocenters. The Bertz CT molecular complexity index is 902. The van der Waals surface area contributed by atoms with Crippen molar-refractivity contribution in [3.63, 3.8) is 0 Å². The Morgan fingerprint density at radius 2 is 1.92 bits per heavy atom. The average molecular weight is 353 g/mol. The fraction of sp³-hybridized carbons (Fsp3) is 0.200. The minimum absolute atomic E-state index is 0.300. The zero-order valence-corrected chi connectivity index (χ0v) is 15.2. The average Bonchev–Trinajstić information content (AvgIpc) is 2.99. The van der Waals surface area contributed by atoms with E-state index in [-0.39, 0.29) is 5.82 Å². The van der Waals surface area contributed by atoms with Gasteiger partial charge in [-0.3, -0.25) is 4.57 Å². The topological polar surface area (TPSA) is 30.7 Å². The van der Waals surface area contributed by atoms with Crippen LogP contribution >= 0.6 is 11.8 Å². The second-order valence-corrected chi connectivity index (χ2v) is 6.84. The fourth-order valence-corrected chi connectivity index (χ4v) is 3.46. The lowest BCUT2D eigenvalue weighted by Crippen LogP contribution is -2.01. The summed E-state index contributed by atoms with van der Waals surface area (Å²) < 4.78 is 16.0. The highest BCUT2D eigenvalue weighted by atomic mass is 32.2. The van der Waals surface area contributed by atoms with Crippen molar-refractivity contribution >= 4 is 11.8 Å². The maximum Gasteiger partial charge on any atom is 0.192 e. The van der Waals surface area contributed by atoms with Gasteiger partial charge in [-0.2, -0.15) is 0 Å². The third kappa shape index (κ3) is 3.82. The quantitative estimate of drug-likeness (QED) is 0.452. The molecule has 0 fully saturated rings. The van der Waals surface area contributed by atoms with Gasteiger partial charge in [0, 0.05) is 12.3 Å². The van der Waals surface area contributed by atoms with Gasteiger partial charge in [-0.1, -0.05) is 48.2 Å². The van der Waals surface area contributed by atoms with Gasteiger partial charge in [0.2, 0.25) is 0 Å². The maximum absolute atomic E-state index is 14.1. The van der Waals surface area contributed by atoms with Crippen LogP contribution in [0.15, 0.2) is 60.3 Å². The van der Waals surface area contributed by atoms with Crippen molar-refractivity contribution in [2.45, 2.75) is 31.3 Å². The van der Waals surface area contributed by atoms with E-state index in [1.807, 2.05) is 4.57 Å². The molecule has 2 aromatic carbocycles. The zero-order valence-electron chi connectivity index (χ0n) is 14.4. The van der Waals surface area contributed by atoms with Gasteiger partial charge in [0.25, 0.3) is 0 Å². The van der Waals surface area contributed by atoms with Crippen molar-refractivity contribution in [2.75, 3.05) is 0 Å². The standard InChI is InChI=1S/C20H20FN3S/c1-4-11-24-19(17-7-5-6-8-18(17)21)22-23-20(24)25-13-16-10-9-14(2)15(3)12-16/h4-10,12H,1,11,13H2,2-3H3. The van der Waals surface area contributed by atoms with Crippen LogP contribution in [0.3, 0.4) is 0 Å². The molecule has 1 heterocycles. The molecule has 5 heteroatoms. The van der Waals surface area contributed by atoms with Crippen LogP contribution in [0, 0.1) is 19.7 Å². The molecule has 3 aromatic rings. The summed E-state index contributed by atoms with van der Waals surface area (Å²) in [5.74, 6) is 1.01. The van der Waals surface area contributed by atoms with E-state index in [4.69, 9.17) is 0 Å². The Morgan fingerprint density at radius 1 is 1.12 bits per heavy atom. The lowest BCUT2D eigenvalue weighted by Gasteiger charge is -2.09. The van der Waals surface area contributed by atoms with Crippen LogP contribution in [-0.2, 0) is 12.3 Å². The number of thioether (sulfide) groups is 1. The zero-order chi connectivity index (χ0) is 17.8. The SMILES string of the molecule is C=CCn1c(SCc2ccc(C)c(C)c2)nnc1-c1ccccc1F. The summed E-state index contributed by atoms with van der Waals surface area (Å²) in [7, 11) is 0. The van der Waals surface area contributed by atoms with Crippen LogP contribution in [0.1, 0.15) is 16.7 Å². The summed E-state index contributed by atoms with van der Waals surface area (Å²) in [5, 5.41) is 9.24. The molecule has 0 N–H and O–H groups in total. The molecule has 0 bridgehead atoms. The van der Waals surface area contributed by atoms with E-state index in [9.17, 15) is 4.39 Å². The molecule has 0 saturated carbocycles. The molecule has 0 saturated heterocycles. The third-order valence-electron chi connectivity index (χ3n) is 4.08. The first kappa shape index (κ1) is 17.4. The van der Waals surface area contributed by atoms with E-state index >= 15 is 0 Å². The highest BCUT2D eigenvalue weighted by molar-refractivity contribution is 7.98. The number of rotatable bonds is 6. The summed E-state index contributed by atoms with van der Waals surface area (Å²) >= 11 is 1.60.